The van der Waals surface area contributed by atoms with Crippen molar-refractivity contribution in [3.63, 3.8) is 0 Å². The number of H-pyrrole nitrogens is 1. The molecule has 1 aromatic heterocycles. The Morgan fingerprint density at radius 3 is 2.48 bits per heavy atom. The van der Waals surface area contributed by atoms with Crippen LogP contribution in [0.2, 0.25) is 0 Å². The lowest BCUT2D eigenvalue weighted by Crippen LogP contribution is -2.51. The summed E-state index contributed by atoms with van der Waals surface area (Å²) in [6, 6.07) is 5.07. The molecule has 1 fully saturated rings. The highest BCUT2D eigenvalue weighted by Crippen LogP contribution is 2.15. The molecular weight excluding hydrogens is 442 g/mol. The quantitative estimate of drug-likeness (QED) is 0.439. The van der Waals surface area contributed by atoms with E-state index in [0.29, 0.717) is 86.6 Å². The van der Waals surface area contributed by atoms with Gasteiger partial charge in [0.25, 0.3) is 11.5 Å². The minimum Gasteiger partial charge on any atom is -0.385 e. The number of hydrogen-bond donors (Lipinski definition) is 1. The molecule has 0 bridgehead atoms. The van der Waals surface area contributed by atoms with Crippen LogP contribution >= 0.6 is 12.2 Å². The summed E-state index contributed by atoms with van der Waals surface area (Å²) in [4.78, 5) is 47.1. The number of ether oxygens (including phenoxy) is 1. The van der Waals surface area contributed by atoms with Crippen LogP contribution in [0.25, 0.3) is 10.9 Å². The predicted octanol–water partition coefficient (Wildman–Crippen LogP) is 1.72. The SMILES string of the molecule is CCN(CC)C(=O)CN1CCN(C(=O)c2ccc3c(=O)n(CCCOC)c(=S)[nH]c3c2)CC1. The summed E-state index contributed by atoms with van der Waals surface area (Å²) in [5, 5.41) is 0.498. The average molecular weight is 476 g/mol. The predicted molar refractivity (Wildman–Crippen MR) is 130 cm³/mol. The second-order valence-corrected chi connectivity index (χ2v) is 8.51. The van der Waals surface area contributed by atoms with Crippen molar-refractivity contribution in [1.29, 1.82) is 0 Å². The van der Waals surface area contributed by atoms with Crippen molar-refractivity contribution in [2.45, 2.75) is 26.8 Å². The van der Waals surface area contributed by atoms with Crippen molar-refractivity contribution in [3.8, 4) is 0 Å². The van der Waals surface area contributed by atoms with Gasteiger partial charge >= 0.3 is 0 Å². The molecule has 180 valence electrons. The average Bonchev–Trinajstić information content (AvgIpc) is 2.81. The summed E-state index contributed by atoms with van der Waals surface area (Å²) in [7, 11) is 1.62. The molecule has 33 heavy (non-hydrogen) atoms. The lowest BCUT2D eigenvalue weighted by molar-refractivity contribution is -0.132. The van der Waals surface area contributed by atoms with Crippen molar-refractivity contribution in [2.24, 2.45) is 0 Å². The number of rotatable bonds is 9. The molecule has 10 heteroatoms. The Bertz CT molecular complexity index is 1100. The normalized spacial score (nSPS) is 14.6. The van der Waals surface area contributed by atoms with Crippen LogP contribution in [0, 0.1) is 4.77 Å². The topological polar surface area (TPSA) is 90.9 Å². The first-order valence-electron chi connectivity index (χ1n) is 11.4. The minimum absolute atomic E-state index is 0.0878. The van der Waals surface area contributed by atoms with Gasteiger partial charge in [-0.3, -0.25) is 23.9 Å². The Kier molecular flexibility index (Phi) is 8.76. The minimum atomic E-state index is -0.171. The summed E-state index contributed by atoms with van der Waals surface area (Å²) in [5.41, 5.74) is 0.898. The van der Waals surface area contributed by atoms with Crippen LogP contribution in [0.4, 0.5) is 0 Å². The van der Waals surface area contributed by atoms with Crippen LogP contribution in [0.1, 0.15) is 30.6 Å². The van der Waals surface area contributed by atoms with Gasteiger partial charge < -0.3 is 19.5 Å². The third-order valence-corrected chi connectivity index (χ3v) is 6.42. The monoisotopic (exact) mass is 475 g/mol. The second kappa shape index (κ2) is 11.5. The number of carbonyl (C=O) groups excluding carboxylic acids is 2. The van der Waals surface area contributed by atoms with Gasteiger partial charge in [0.05, 0.1) is 17.4 Å². The van der Waals surface area contributed by atoms with Crippen molar-refractivity contribution in [1.82, 2.24) is 24.3 Å². The molecule has 1 aliphatic heterocycles. The van der Waals surface area contributed by atoms with E-state index >= 15 is 0 Å². The molecule has 1 aromatic carbocycles. The lowest BCUT2D eigenvalue weighted by Gasteiger charge is -2.35. The van der Waals surface area contributed by atoms with E-state index < -0.39 is 0 Å². The number of hydrogen-bond acceptors (Lipinski definition) is 6. The molecule has 0 saturated carbocycles. The third kappa shape index (κ3) is 5.87. The Hall–Kier alpha value is -2.56. The number of amides is 2. The number of nitrogens with one attached hydrogen (secondary N) is 1. The molecule has 0 aliphatic carbocycles. The van der Waals surface area contributed by atoms with Gasteiger partial charge in [-0.25, -0.2) is 0 Å². The van der Waals surface area contributed by atoms with E-state index in [1.807, 2.05) is 18.7 Å². The molecular formula is C23H33N5O4S. The first-order valence-corrected chi connectivity index (χ1v) is 11.9. The van der Waals surface area contributed by atoms with Crippen LogP contribution in [-0.4, -0.2) is 95.6 Å². The fourth-order valence-electron chi connectivity index (χ4n) is 4.12. The Labute approximate surface area is 198 Å². The van der Waals surface area contributed by atoms with Crippen LogP contribution in [0.15, 0.2) is 23.0 Å². The fraction of sp³-hybridized carbons (Fsp3) is 0.565. The number of carbonyl (C=O) groups is 2. The van der Waals surface area contributed by atoms with Gasteiger partial charge in [0, 0.05) is 65.1 Å². The van der Waals surface area contributed by atoms with Gasteiger partial charge in [-0.15, -0.1) is 0 Å². The van der Waals surface area contributed by atoms with E-state index in [9.17, 15) is 14.4 Å². The van der Waals surface area contributed by atoms with Gasteiger partial charge in [0.1, 0.15) is 0 Å². The summed E-state index contributed by atoms with van der Waals surface area (Å²) >= 11 is 5.37. The van der Waals surface area contributed by atoms with E-state index in [0.717, 1.165) is 0 Å². The molecule has 1 aliphatic rings. The number of piperazine rings is 1. The Morgan fingerprint density at radius 2 is 1.85 bits per heavy atom. The number of nitrogens with zero attached hydrogens (tertiary/aromatic N) is 4. The van der Waals surface area contributed by atoms with Crippen molar-refractivity contribution < 1.29 is 14.3 Å². The Morgan fingerprint density at radius 1 is 1.15 bits per heavy atom. The Balaban J connectivity index is 1.68. The number of methoxy groups -OCH3 is 1. The van der Waals surface area contributed by atoms with Gasteiger partial charge in [0.2, 0.25) is 5.91 Å². The molecule has 2 amide bonds. The standard InChI is InChI=1S/C23H33N5O4S/c1-4-26(5-2)20(29)16-25-10-12-27(13-11-25)21(30)17-7-8-18-19(15-17)24-23(33)28(22(18)31)9-6-14-32-3/h7-8,15H,4-6,9-14,16H2,1-3H3,(H,24,33). The van der Waals surface area contributed by atoms with Crippen LogP contribution < -0.4 is 5.56 Å². The first-order chi connectivity index (χ1) is 15.9. The number of fused-ring (bicyclic) bond motifs is 1. The van der Waals surface area contributed by atoms with Gasteiger partial charge in [-0.2, -0.15) is 0 Å². The van der Waals surface area contributed by atoms with E-state index in [4.69, 9.17) is 17.0 Å². The zero-order valence-corrected chi connectivity index (χ0v) is 20.4. The number of benzene rings is 1. The van der Waals surface area contributed by atoms with Crippen molar-refractivity contribution in [2.75, 3.05) is 59.5 Å². The lowest BCUT2D eigenvalue weighted by atomic mass is 10.1. The van der Waals surface area contributed by atoms with Gasteiger partial charge in [-0.05, 0) is 50.7 Å². The summed E-state index contributed by atoms with van der Waals surface area (Å²) in [6.45, 7) is 9.18. The maximum absolute atomic E-state index is 13.1. The van der Waals surface area contributed by atoms with Crippen molar-refractivity contribution >= 4 is 34.9 Å². The van der Waals surface area contributed by atoms with Crippen molar-refractivity contribution in [3.05, 3.63) is 38.9 Å². The first kappa shape index (κ1) is 25.1. The highest BCUT2D eigenvalue weighted by atomic mass is 32.1. The largest absolute Gasteiger partial charge is 0.385 e. The van der Waals surface area contributed by atoms with Gasteiger partial charge in [-0.1, -0.05) is 0 Å². The zero-order valence-electron chi connectivity index (χ0n) is 19.6. The molecule has 1 N–H and O–H groups in total. The third-order valence-electron chi connectivity index (χ3n) is 6.09. The number of likely N-dealkylation sites (N-methyl/N-ethyl adjacent to an activating group) is 1. The number of aromatic nitrogens is 2. The molecule has 9 nitrogen and oxygen atoms in total. The molecule has 2 heterocycles. The molecule has 0 spiro atoms. The zero-order chi connectivity index (χ0) is 24.0. The smallest absolute Gasteiger partial charge is 0.262 e. The fourth-order valence-corrected chi connectivity index (χ4v) is 4.40. The maximum Gasteiger partial charge on any atom is 0.262 e. The van der Waals surface area contributed by atoms with E-state index in [2.05, 4.69) is 9.88 Å². The van der Waals surface area contributed by atoms with E-state index in [1.54, 1.807) is 30.2 Å². The summed E-state index contributed by atoms with van der Waals surface area (Å²) in [6.07, 6.45) is 0.683. The van der Waals surface area contributed by atoms with E-state index in [1.165, 1.54) is 4.57 Å². The van der Waals surface area contributed by atoms with Crippen LogP contribution in [0.3, 0.4) is 0 Å². The van der Waals surface area contributed by atoms with Crippen LogP contribution in [-0.2, 0) is 16.1 Å². The summed E-state index contributed by atoms with van der Waals surface area (Å²) < 4.78 is 6.91. The molecule has 1 saturated heterocycles. The molecule has 3 rings (SSSR count). The molecule has 0 radical (unpaired) electrons. The highest BCUT2D eigenvalue weighted by molar-refractivity contribution is 7.71. The summed E-state index contributed by atoms with van der Waals surface area (Å²) in [5.74, 6) is 0.0349. The maximum atomic E-state index is 13.1. The number of aromatic amines is 1. The van der Waals surface area contributed by atoms with Crippen LogP contribution in [0.5, 0.6) is 0 Å². The van der Waals surface area contributed by atoms with Gasteiger partial charge in [0.15, 0.2) is 4.77 Å². The second-order valence-electron chi connectivity index (χ2n) is 8.13. The molecule has 0 atom stereocenters. The molecule has 0 unspecified atom stereocenters. The highest BCUT2D eigenvalue weighted by Gasteiger charge is 2.24. The van der Waals surface area contributed by atoms with E-state index in [-0.39, 0.29) is 17.4 Å². The molecule has 2 aromatic rings.